The smallest absolute Gasteiger partial charge is 0.305 e. The molecule has 2 atom stereocenters. The summed E-state index contributed by atoms with van der Waals surface area (Å²) in [5, 5.41) is 23.3. The first-order valence-electron chi connectivity index (χ1n) is 6.97. The average Bonchev–Trinajstić information content (AvgIpc) is 2.90. The van der Waals surface area contributed by atoms with Gasteiger partial charge in [-0.15, -0.1) is 0 Å². The number of carboxylic acid groups (broad SMARTS) is 1. The van der Waals surface area contributed by atoms with Crippen LogP contribution in [0.5, 0.6) is 0 Å². The predicted octanol–water partition coefficient (Wildman–Crippen LogP) is 2.75. The fraction of sp³-hybridized carbons (Fsp3) is 0.533. The van der Waals surface area contributed by atoms with Gasteiger partial charge in [-0.3, -0.25) is 4.79 Å². The van der Waals surface area contributed by atoms with Gasteiger partial charge in [0.1, 0.15) is 0 Å². The van der Waals surface area contributed by atoms with E-state index in [2.05, 4.69) is 5.32 Å². The number of carboxylic acids is 1. The molecule has 0 saturated heterocycles. The van der Waals surface area contributed by atoms with Crippen LogP contribution in [0.2, 0.25) is 5.02 Å². The molecule has 1 aromatic rings. The van der Waals surface area contributed by atoms with Crippen molar-refractivity contribution in [1.29, 1.82) is 0 Å². The Morgan fingerprint density at radius 3 is 2.45 bits per heavy atom. The molecule has 1 saturated carbocycles. The highest BCUT2D eigenvalue weighted by molar-refractivity contribution is 6.30. The number of rotatable bonds is 6. The normalized spacial score (nSPS) is 18.9. The SMILES string of the molecule is O=C(O)CC(NC1CCCC1)C(O)c1ccc(Cl)cc1. The lowest BCUT2D eigenvalue weighted by Crippen LogP contribution is -2.42. The second-order valence-corrected chi connectivity index (χ2v) is 5.79. The zero-order valence-corrected chi connectivity index (χ0v) is 12.0. The zero-order valence-electron chi connectivity index (χ0n) is 11.3. The predicted molar refractivity (Wildman–Crippen MR) is 77.8 cm³/mol. The molecule has 0 aromatic heterocycles. The Morgan fingerprint density at radius 1 is 1.30 bits per heavy atom. The molecule has 1 aliphatic rings. The Kier molecular flexibility index (Phi) is 5.40. The highest BCUT2D eigenvalue weighted by atomic mass is 35.5. The first-order valence-corrected chi connectivity index (χ1v) is 7.35. The van der Waals surface area contributed by atoms with Crippen LogP contribution >= 0.6 is 11.6 Å². The second kappa shape index (κ2) is 7.07. The van der Waals surface area contributed by atoms with Crippen molar-refractivity contribution in [3.05, 3.63) is 34.9 Å². The van der Waals surface area contributed by atoms with Crippen LogP contribution in [0, 0.1) is 0 Å². The molecular weight excluding hydrogens is 278 g/mol. The molecule has 1 aromatic carbocycles. The lowest BCUT2D eigenvalue weighted by atomic mass is 9.98. The Bertz CT molecular complexity index is 443. The highest BCUT2D eigenvalue weighted by Gasteiger charge is 2.27. The van der Waals surface area contributed by atoms with E-state index in [9.17, 15) is 9.90 Å². The molecule has 3 N–H and O–H groups in total. The van der Waals surface area contributed by atoms with Crippen molar-refractivity contribution in [3.8, 4) is 0 Å². The van der Waals surface area contributed by atoms with Crippen molar-refractivity contribution in [1.82, 2.24) is 5.32 Å². The van der Waals surface area contributed by atoms with Crippen molar-refractivity contribution < 1.29 is 15.0 Å². The first-order chi connectivity index (χ1) is 9.56. The fourth-order valence-corrected chi connectivity index (χ4v) is 2.86. The van der Waals surface area contributed by atoms with E-state index in [1.54, 1.807) is 24.3 Å². The van der Waals surface area contributed by atoms with Crippen LogP contribution in [0.3, 0.4) is 0 Å². The Labute approximate surface area is 123 Å². The maximum absolute atomic E-state index is 11.0. The lowest BCUT2D eigenvalue weighted by Gasteiger charge is -2.26. The van der Waals surface area contributed by atoms with Crippen molar-refractivity contribution in [2.24, 2.45) is 0 Å². The second-order valence-electron chi connectivity index (χ2n) is 5.35. The summed E-state index contributed by atoms with van der Waals surface area (Å²) in [6, 6.07) is 6.70. The summed E-state index contributed by atoms with van der Waals surface area (Å²) >= 11 is 5.83. The third-order valence-corrected chi connectivity index (χ3v) is 4.04. The van der Waals surface area contributed by atoms with E-state index >= 15 is 0 Å². The van der Waals surface area contributed by atoms with Crippen LogP contribution in [0.4, 0.5) is 0 Å². The maximum atomic E-state index is 11.0. The van der Waals surface area contributed by atoms with Gasteiger partial charge in [-0.25, -0.2) is 0 Å². The van der Waals surface area contributed by atoms with Crippen LogP contribution in [-0.4, -0.2) is 28.3 Å². The standard InChI is InChI=1S/C15H20ClNO3/c16-11-7-5-10(6-8-11)15(20)13(9-14(18)19)17-12-3-1-2-4-12/h5-8,12-13,15,17,20H,1-4,9H2,(H,18,19). The molecule has 0 heterocycles. The average molecular weight is 298 g/mol. The van der Waals surface area contributed by atoms with Gasteiger partial charge in [0.2, 0.25) is 0 Å². The molecule has 0 bridgehead atoms. The lowest BCUT2D eigenvalue weighted by molar-refractivity contribution is -0.138. The van der Waals surface area contributed by atoms with Gasteiger partial charge >= 0.3 is 5.97 Å². The van der Waals surface area contributed by atoms with Crippen LogP contribution < -0.4 is 5.32 Å². The third kappa shape index (κ3) is 4.20. The van der Waals surface area contributed by atoms with Crippen molar-refractivity contribution in [2.45, 2.75) is 50.3 Å². The minimum atomic E-state index is -0.909. The number of benzene rings is 1. The molecular formula is C15H20ClNO3. The number of hydrogen-bond donors (Lipinski definition) is 3. The van der Waals surface area contributed by atoms with E-state index in [0.717, 1.165) is 25.7 Å². The monoisotopic (exact) mass is 297 g/mol. The molecule has 1 aliphatic carbocycles. The van der Waals surface area contributed by atoms with Gasteiger partial charge in [0.05, 0.1) is 12.5 Å². The third-order valence-electron chi connectivity index (χ3n) is 3.79. The quantitative estimate of drug-likeness (QED) is 0.755. The number of aliphatic carboxylic acids is 1. The summed E-state index contributed by atoms with van der Waals surface area (Å²) in [6.07, 6.45) is 3.47. The summed E-state index contributed by atoms with van der Waals surface area (Å²) < 4.78 is 0. The van der Waals surface area contributed by atoms with Crippen molar-refractivity contribution in [3.63, 3.8) is 0 Å². The summed E-state index contributed by atoms with van der Waals surface area (Å²) in [5.74, 6) is -0.909. The molecule has 0 aliphatic heterocycles. The van der Waals surface area contributed by atoms with Gasteiger partial charge in [-0.1, -0.05) is 36.6 Å². The molecule has 2 rings (SSSR count). The van der Waals surface area contributed by atoms with Crippen LogP contribution in [0.1, 0.15) is 43.8 Å². The Morgan fingerprint density at radius 2 is 1.90 bits per heavy atom. The van der Waals surface area contributed by atoms with Gasteiger partial charge < -0.3 is 15.5 Å². The van der Waals surface area contributed by atoms with Gasteiger partial charge in [-0.2, -0.15) is 0 Å². The number of aliphatic hydroxyl groups is 1. The van der Waals surface area contributed by atoms with E-state index in [1.165, 1.54) is 0 Å². The topological polar surface area (TPSA) is 69.6 Å². The molecule has 110 valence electrons. The summed E-state index contributed by atoms with van der Waals surface area (Å²) in [7, 11) is 0. The van der Waals surface area contributed by atoms with Gasteiger partial charge in [0, 0.05) is 17.1 Å². The maximum Gasteiger partial charge on any atom is 0.305 e. The van der Waals surface area contributed by atoms with Gasteiger partial charge in [-0.05, 0) is 30.5 Å². The summed E-state index contributed by atoms with van der Waals surface area (Å²) in [6.45, 7) is 0. The van der Waals surface area contributed by atoms with Crippen LogP contribution in [-0.2, 0) is 4.79 Å². The van der Waals surface area contributed by atoms with Crippen LogP contribution in [0.25, 0.3) is 0 Å². The fourth-order valence-electron chi connectivity index (χ4n) is 2.74. The number of halogens is 1. The molecule has 0 radical (unpaired) electrons. The number of hydrogen-bond acceptors (Lipinski definition) is 3. The van der Waals surface area contributed by atoms with Crippen molar-refractivity contribution >= 4 is 17.6 Å². The first kappa shape index (κ1) is 15.3. The van der Waals surface area contributed by atoms with E-state index in [1.807, 2.05) is 0 Å². The molecule has 2 unspecified atom stereocenters. The molecule has 5 heteroatoms. The Hall–Kier alpha value is -1.10. The molecule has 20 heavy (non-hydrogen) atoms. The van der Waals surface area contributed by atoms with E-state index in [0.29, 0.717) is 16.6 Å². The molecule has 0 amide bonds. The number of carbonyl (C=O) groups is 1. The van der Waals surface area contributed by atoms with Gasteiger partial charge in [0.15, 0.2) is 0 Å². The molecule has 0 spiro atoms. The van der Waals surface area contributed by atoms with Crippen molar-refractivity contribution in [2.75, 3.05) is 0 Å². The van der Waals surface area contributed by atoms with E-state index < -0.39 is 18.1 Å². The largest absolute Gasteiger partial charge is 0.481 e. The summed E-state index contributed by atoms with van der Waals surface area (Å²) in [5.41, 5.74) is 0.686. The highest BCUT2D eigenvalue weighted by Crippen LogP contribution is 2.24. The molecule has 4 nitrogen and oxygen atoms in total. The minimum Gasteiger partial charge on any atom is -0.481 e. The minimum absolute atomic E-state index is 0.0969. The number of nitrogens with one attached hydrogen (secondary N) is 1. The number of aliphatic hydroxyl groups excluding tert-OH is 1. The Balaban J connectivity index is 2.07. The van der Waals surface area contributed by atoms with Gasteiger partial charge in [0.25, 0.3) is 0 Å². The molecule has 1 fully saturated rings. The van der Waals surface area contributed by atoms with Crippen LogP contribution in [0.15, 0.2) is 24.3 Å². The zero-order chi connectivity index (χ0) is 14.5. The van der Waals surface area contributed by atoms with E-state index in [-0.39, 0.29) is 6.42 Å². The summed E-state index contributed by atoms with van der Waals surface area (Å²) in [4.78, 5) is 11.0. The van der Waals surface area contributed by atoms with E-state index in [4.69, 9.17) is 16.7 Å².